The van der Waals surface area contributed by atoms with Crippen molar-refractivity contribution in [1.29, 1.82) is 0 Å². The second-order valence-corrected chi connectivity index (χ2v) is 6.21. The molecule has 3 nitrogen and oxygen atoms in total. The van der Waals surface area contributed by atoms with Crippen LogP contribution in [0.15, 0.2) is 30.3 Å². The van der Waals surface area contributed by atoms with E-state index in [9.17, 15) is 0 Å². The molecule has 1 aliphatic carbocycles. The van der Waals surface area contributed by atoms with Gasteiger partial charge in [0.05, 0.1) is 13.3 Å². The Morgan fingerprint density at radius 3 is 2.50 bits per heavy atom. The van der Waals surface area contributed by atoms with Crippen LogP contribution in [-0.4, -0.2) is 37.3 Å². The number of rotatable bonds is 7. The molecule has 0 unspecified atom stereocenters. The van der Waals surface area contributed by atoms with Crippen molar-refractivity contribution >= 4 is 0 Å². The summed E-state index contributed by atoms with van der Waals surface area (Å²) in [4.78, 5) is 2.44. The molecule has 0 bridgehead atoms. The van der Waals surface area contributed by atoms with Gasteiger partial charge in [-0.3, -0.25) is 4.90 Å². The number of ether oxygens (including phenoxy) is 1. The minimum absolute atomic E-state index is 0.726. The largest absolute Gasteiger partial charge is 0.361 e. The summed E-state index contributed by atoms with van der Waals surface area (Å²) in [6.07, 6.45) is 5.42. The van der Waals surface area contributed by atoms with Gasteiger partial charge in [0.25, 0.3) is 0 Å². The summed E-state index contributed by atoms with van der Waals surface area (Å²) in [5.41, 5.74) is 1.26. The summed E-state index contributed by atoms with van der Waals surface area (Å²) >= 11 is 0. The standard InChI is InChI=1S/C17H26N2O/c1-2-4-16(5-3-1)13-20-14-19-10-8-15(9-11-19)12-18-17-6-7-17/h1-5,15,17-18H,6-14H2. The Bertz CT molecular complexity index is 383. The lowest BCUT2D eigenvalue weighted by atomic mass is 9.97. The molecule has 3 heteroatoms. The second-order valence-electron chi connectivity index (χ2n) is 6.21. The van der Waals surface area contributed by atoms with E-state index in [1.165, 1.54) is 50.9 Å². The summed E-state index contributed by atoms with van der Waals surface area (Å²) in [6, 6.07) is 11.3. The Balaban J connectivity index is 1.28. The second kappa shape index (κ2) is 7.21. The number of piperidine rings is 1. The third-order valence-corrected chi connectivity index (χ3v) is 4.37. The Morgan fingerprint density at radius 2 is 1.80 bits per heavy atom. The highest BCUT2D eigenvalue weighted by molar-refractivity contribution is 5.13. The first-order valence-corrected chi connectivity index (χ1v) is 7.97. The van der Waals surface area contributed by atoms with Crippen molar-refractivity contribution < 1.29 is 4.74 Å². The van der Waals surface area contributed by atoms with E-state index in [1.807, 2.05) is 6.07 Å². The molecule has 0 amide bonds. The van der Waals surface area contributed by atoms with Crippen LogP contribution in [0.3, 0.4) is 0 Å². The predicted octanol–water partition coefficient (Wildman–Crippen LogP) is 2.62. The molecular formula is C17H26N2O. The van der Waals surface area contributed by atoms with E-state index in [2.05, 4.69) is 34.5 Å². The van der Waals surface area contributed by atoms with Crippen LogP contribution >= 0.6 is 0 Å². The van der Waals surface area contributed by atoms with E-state index in [-0.39, 0.29) is 0 Å². The van der Waals surface area contributed by atoms with E-state index in [0.717, 1.165) is 25.3 Å². The maximum Gasteiger partial charge on any atom is 0.0994 e. The quantitative estimate of drug-likeness (QED) is 0.827. The summed E-state index contributed by atoms with van der Waals surface area (Å²) in [6.45, 7) is 5.10. The van der Waals surface area contributed by atoms with Gasteiger partial charge in [0.2, 0.25) is 0 Å². The third-order valence-electron chi connectivity index (χ3n) is 4.37. The lowest BCUT2D eigenvalue weighted by Crippen LogP contribution is -2.38. The molecule has 1 N–H and O–H groups in total. The number of nitrogens with one attached hydrogen (secondary N) is 1. The van der Waals surface area contributed by atoms with Crippen molar-refractivity contribution in [3.63, 3.8) is 0 Å². The van der Waals surface area contributed by atoms with Crippen LogP contribution in [0, 0.1) is 5.92 Å². The summed E-state index contributed by atoms with van der Waals surface area (Å²) < 4.78 is 5.81. The van der Waals surface area contributed by atoms with Crippen molar-refractivity contribution in [3.8, 4) is 0 Å². The number of benzene rings is 1. The van der Waals surface area contributed by atoms with Gasteiger partial charge in [-0.1, -0.05) is 30.3 Å². The van der Waals surface area contributed by atoms with Gasteiger partial charge in [-0.2, -0.15) is 0 Å². The Morgan fingerprint density at radius 1 is 1.05 bits per heavy atom. The Labute approximate surface area is 122 Å². The van der Waals surface area contributed by atoms with Gasteiger partial charge >= 0.3 is 0 Å². The summed E-state index contributed by atoms with van der Waals surface area (Å²) in [5, 5.41) is 3.66. The highest BCUT2D eigenvalue weighted by Crippen LogP contribution is 2.21. The zero-order valence-electron chi connectivity index (χ0n) is 12.3. The van der Waals surface area contributed by atoms with E-state index >= 15 is 0 Å². The lowest BCUT2D eigenvalue weighted by molar-refractivity contribution is 0.00221. The molecule has 20 heavy (non-hydrogen) atoms. The average molecular weight is 274 g/mol. The smallest absolute Gasteiger partial charge is 0.0994 e. The molecule has 110 valence electrons. The number of hydrogen-bond acceptors (Lipinski definition) is 3. The summed E-state index contributed by atoms with van der Waals surface area (Å²) in [5.74, 6) is 0.876. The van der Waals surface area contributed by atoms with Crippen LogP contribution in [-0.2, 0) is 11.3 Å². The number of likely N-dealkylation sites (tertiary alicyclic amines) is 1. The summed E-state index contributed by atoms with van der Waals surface area (Å²) in [7, 11) is 0. The predicted molar refractivity (Wildman–Crippen MR) is 81.4 cm³/mol. The van der Waals surface area contributed by atoms with Gasteiger partial charge in [0.1, 0.15) is 0 Å². The van der Waals surface area contributed by atoms with Crippen LogP contribution in [0.1, 0.15) is 31.2 Å². The molecule has 1 saturated heterocycles. The fraction of sp³-hybridized carbons (Fsp3) is 0.647. The molecule has 3 rings (SSSR count). The van der Waals surface area contributed by atoms with Gasteiger partial charge < -0.3 is 10.1 Å². The van der Waals surface area contributed by atoms with E-state index in [1.54, 1.807) is 0 Å². The van der Waals surface area contributed by atoms with E-state index < -0.39 is 0 Å². The van der Waals surface area contributed by atoms with Crippen molar-refractivity contribution in [2.75, 3.05) is 26.4 Å². The van der Waals surface area contributed by atoms with E-state index in [4.69, 9.17) is 4.74 Å². The molecule has 1 heterocycles. The molecular weight excluding hydrogens is 248 g/mol. The van der Waals surface area contributed by atoms with Gasteiger partial charge in [-0.05, 0) is 43.7 Å². The van der Waals surface area contributed by atoms with Crippen LogP contribution in [0.25, 0.3) is 0 Å². The van der Waals surface area contributed by atoms with Crippen molar-refractivity contribution in [1.82, 2.24) is 10.2 Å². The van der Waals surface area contributed by atoms with Gasteiger partial charge in [0, 0.05) is 19.1 Å². The molecule has 2 aliphatic rings. The first kappa shape index (κ1) is 14.1. The first-order valence-electron chi connectivity index (χ1n) is 7.97. The Hall–Kier alpha value is -0.900. The van der Waals surface area contributed by atoms with Crippen LogP contribution in [0.2, 0.25) is 0 Å². The average Bonchev–Trinajstić information content (AvgIpc) is 3.32. The van der Waals surface area contributed by atoms with Crippen molar-refractivity contribution in [3.05, 3.63) is 35.9 Å². The first-order chi connectivity index (χ1) is 9.90. The maximum absolute atomic E-state index is 5.81. The fourth-order valence-electron chi connectivity index (χ4n) is 2.81. The lowest BCUT2D eigenvalue weighted by Gasteiger charge is -2.31. The van der Waals surface area contributed by atoms with Crippen LogP contribution in [0.4, 0.5) is 0 Å². The van der Waals surface area contributed by atoms with Gasteiger partial charge in [0.15, 0.2) is 0 Å². The highest BCUT2D eigenvalue weighted by atomic mass is 16.5. The van der Waals surface area contributed by atoms with E-state index in [0.29, 0.717) is 0 Å². The molecule has 1 saturated carbocycles. The normalized spacial score (nSPS) is 21.2. The molecule has 1 aliphatic heterocycles. The number of hydrogen-bond donors (Lipinski definition) is 1. The SMILES string of the molecule is c1ccc(COCN2CCC(CNC3CC3)CC2)cc1. The molecule has 0 radical (unpaired) electrons. The van der Waals surface area contributed by atoms with Crippen LogP contribution in [0.5, 0.6) is 0 Å². The molecule has 1 aromatic rings. The minimum Gasteiger partial charge on any atom is -0.361 e. The highest BCUT2D eigenvalue weighted by Gasteiger charge is 2.24. The molecule has 0 spiro atoms. The molecule has 2 fully saturated rings. The molecule has 1 aromatic carbocycles. The number of nitrogens with zero attached hydrogens (tertiary/aromatic N) is 1. The molecule has 0 aromatic heterocycles. The minimum atomic E-state index is 0.726. The topological polar surface area (TPSA) is 24.5 Å². The monoisotopic (exact) mass is 274 g/mol. The zero-order valence-corrected chi connectivity index (χ0v) is 12.3. The fourth-order valence-corrected chi connectivity index (χ4v) is 2.81. The molecule has 0 atom stereocenters. The van der Waals surface area contributed by atoms with Crippen molar-refractivity contribution in [2.24, 2.45) is 5.92 Å². The van der Waals surface area contributed by atoms with Gasteiger partial charge in [-0.25, -0.2) is 0 Å². The van der Waals surface area contributed by atoms with Gasteiger partial charge in [-0.15, -0.1) is 0 Å². The van der Waals surface area contributed by atoms with Crippen LogP contribution < -0.4 is 5.32 Å². The Kier molecular flexibility index (Phi) is 5.06. The maximum atomic E-state index is 5.81. The zero-order chi connectivity index (χ0) is 13.6. The van der Waals surface area contributed by atoms with Crippen molar-refractivity contribution in [2.45, 2.75) is 38.3 Å². The third kappa shape index (κ3) is 4.58.